The third-order valence-electron chi connectivity index (χ3n) is 4.87. The van der Waals surface area contributed by atoms with Gasteiger partial charge in [0, 0.05) is 25.3 Å². The quantitative estimate of drug-likeness (QED) is 0.522. The van der Waals surface area contributed by atoms with E-state index in [9.17, 15) is 0 Å². The maximum atomic E-state index is 8.98. The second kappa shape index (κ2) is 10.5. The molecule has 0 atom stereocenters. The van der Waals surface area contributed by atoms with E-state index in [0.29, 0.717) is 23.3 Å². The molecule has 0 fully saturated rings. The van der Waals surface area contributed by atoms with Gasteiger partial charge >= 0.3 is 0 Å². The minimum atomic E-state index is 0.198. The number of benzene rings is 2. The number of ether oxygens (including phenoxy) is 2. The molecule has 7 heteroatoms. The van der Waals surface area contributed by atoms with Gasteiger partial charge in [-0.15, -0.1) is 0 Å². The Morgan fingerprint density at radius 2 is 1.90 bits per heavy atom. The molecule has 1 heterocycles. The summed E-state index contributed by atoms with van der Waals surface area (Å²) in [5.41, 5.74) is 3.69. The molecule has 0 spiro atoms. The minimum absolute atomic E-state index is 0.198. The predicted molar refractivity (Wildman–Crippen MR) is 119 cm³/mol. The first-order chi connectivity index (χ1) is 14.5. The van der Waals surface area contributed by atoms with E-state index in [4.69, 9.17) is 26.2 Å². The maximum absolute atomic E-state index is 8.98. The number of hydrogen-bond donors (Lipinski definition) is 1. The highest BCUT2D eigenvalue weighted by molar-refractivity contribution is 6.30. The van der Waals surface area contributed by atoms with Crippen molar-refractivity contribution in [3.63, 3.8) is 0 Å². The van der Waals surface area contributed by atoms with Gasteiger partial charge in [0.15, 0.2) is 11.5 Å². The normalized spacial score (nSPS) is 11.1. The zero-order valence-corrected chi connectivity index (χ0v) is 18.4. The Labute approximate surface area is 182 Å². The van der Waals surface area contributed by atoms with E-state index in [1.54, 1.807) is 11.8 Å². The first-order valence-electron chi connectivity index (χ1n) is 9.92. The van der Waals surface area contributed by atoms with E-state index in [-0.39, 0.29) is 6.61 Å². The van der Waals surface area contributed by atoms with Crippen molar-refractivity contribution >= 4 is 11.6 Å². The summed E-state index contributed by atoms with van der Waals surface area (Å²) >= 11 is 6.59. The SMILES string of the molecule is COc1cc(CN(C)CCCO)ccc1OCc1c(C)nn(-c2ccccc2)c1Cl. The number of aliphatic hydroxyl groups is 1. The lowest BCUT2D eigenvalue weighted by atomic mass is 10.2. The van der Waals surface area contributed by atoms with E-state index >= 15 is 0 Å². The van der Waals surface area contributed by atoms with Crippen LogP contribution in [-0.4, -0.2) is 47.1 Å². The van der Waals surface area contributed by atoms with Crippen molar-refractivity contribution < 1.29 is 14.6 Å². The Balaban J connectivity index is 1.72. The maximum Gasteiger partial charge on any atom is 0.161 e. The van der Waals surface area contributed by atoms with Crippen LogP contribution in [0.15, 0.2) is 48.5 Å². The van der Waals surface area contributed by atoms with Crippen LogP contribution in [-0.2, 0) is 13.2 Å². The molecule has 0 amide bonds. The summed E-state index contributed by atoms with van der Waals surface area (Å²) < 4.78 is 13.3. The average Bonchev–Trinajstić information content (AvgIpc) is 3.05. The van der Waals surface area contributed by atoms with Crippen molar-refractivity contribution in [3.05, 3.63) is 70.5 Å². The third kappa shape index (κ3) is 5.33. The van der Waals surface area contributed by atoms with Gasteiger partial charge in [-0.1, -0.05) is 35.9 Å². The molecule has 3 aromatic rings. The highest BCUT2D eigenvalue weighted by atomic mass is 35.5. The van der Waals surface area contributed by atoms with Crippen molar-refractivity contribution in [2.24, 2.45) is 0 Å². The molecule has 0 saturated carbocycles. The van der Waals surface area contributed by atoms with Crippen LogP contribution >= 0.6 is 11.6 Å². The Kier molecular flexibility index (Phi) is 7.74. The van der Waals surface area contributed by atoms with Gasteiger partial charge in [-0.2, -0.15) is 5.10 Å². The number of nitrogens with zero attached hydrogens (tertiary/aromatic N) is 3. The molecular weight excluding hydrogens is 402 g/mol. The average molecular weight is 430 g/mol. The number of methoxy groups -OCH3 is 1. The predicted octanol–water partition coefficient (Wildman–Crippen LogP) is 4.24. The van der Waals surface area contributed by atoms with Crippen molar-refractivity contribution in [2.45, 2.75) is 26.5 Å². The Morgan fingerprint density at radius 3 is 2.60 bits per heavy atom. The van der Waals surface area contributed by atoms with E-state index in [2.05, 4.69) is 10.00 Å². The molecule has 0 bridgehead atoms. The lowest BCUT2D eigenvalue weighted by molar-refractivity contribution is 0.244. The van der Waals surface area contributed by atoms with Crippen LogP contribution in [0.5, 0.6) is 11.5 Å². The van der Waals surface area contributed by atoms with E-state index in [1.165, 1.54) is 0 Å². The Bertz CT molecular complexity index is 960. The molecule has 160 valence electrons. The molecule has 0 aliphatic rings. The van der Waals surface area contributed by atoms with Crippen LogP contribution in [0, 0.1) is 6.92 Å². The van der Waals surface area contributed by atoms with Crippen LogP contribution in [0.1, 0.15) is 23.2 Å². The van der Waals surface area contributed by atoms with Crippen LogP contribution in [0.25, 0.3) is 5.69 Å². The van der Waals surface area contributed by atoms with Gasteiger partial charge in [0.2, 0.25) is 0 Å². The molecule has 1 N–H and O–H groups in total. The smallest absolute Gasteiger partial charge is 0.161 e. The van der Waals surface area contributed by atoms with Gasteiger partial charge in [0.25, 0.3) is 0 Å². The second-order valence-electron chi connectivity index (χ2n) is 7.19. The summed E-state index contributed by atoms with van der Waals surface area (Å²) in [4.78, 5) is 2.16. The topological polar surface area (TPSA) is 59.8 Å². The highest BCUT2D eigenvalue weighted by Crippen LogP contribution is 2.31. The molecule has 0 unspecified atom stereocenters. The summed E-state index contributed by atoms with van der Waals surface area (Å²) in [6.07, 6.45) is 0.756. The number of hydrogen-bond acceptors (Lipinski definition) is 5. The number of rotatable bonds is 10. The number of aliphatic hydroxyl groups excluding tert-OH is 1. The van der Waals surface area contributed by atoms with Gasteiger partial charge in [0.1, 0.15) is 11.8 Å². The molecule has 6 nitrogen and oxygen atoms in total. The molecule has 0 aliphatic carbocycles. The van der Waals surface area contributed by atoms with Crippen molar-refractivity contribution in [3.8, 4) is 17.2 Å². The zero-order chi connectivity index (χ0) is 21.5. The molecular formula is C23H28ClN3O3. The fourth-order valence-corrected chi connectivity index (χ4v) is 3.57. The standard InChI is InChI=1S/C23H28ClN3O3/c1-17-20(23(24)27(25-17)19-8-5-4-6-9-19)16-30-21-11-10-18(14-22(21)29-3)15-26(2)12-7-13-28/h4-6,8-11,14,28H,7,12-13,15-16H2,1-3H3. The first kappa shape index (κ1) is 22.2. The zero-order valence-electron chi connectivity index (χ0n) is 17.6. The minimum Gasteiger partial charge on any atom is -0.493 e. The molecule has 30 heavy (non-hydrogen) atoms. The second-order valence-corrected chi connectivity index (χ2v) is 7.55. The largest absolute Gasteiger partial charge is 0.493 e. The van der Waals surface area contributed by atoms with Crippen LogP contribution in [0.3, 0.4) is 0 Å². The van der Waals surface area contributed by atoms with Crippen LogP contribution < -0.4 is 9.47 Å². The van der Waals surface area contributed by atoms with Crippen molar-refractivity contribution in [1.82, 2.24) is 14.7 Å². The van der Waals surface area contributed by atoms with Crippen molar-refractivity contribution in [1.29, 1.82) is 0 Å². The fourth-order valence-electron chi connectivity index (χ4n) is 3.25. The molecule has 0 saturated heterocycles. The first-order valence-corrected chi connectivity index (χ1v) is 10.3. The molecule has 3 rings (SSSR count). The monoisotopic (exact) mass is 429 g/mol. The van der Waals surface area contributed by atoms with Gasteiger partial charge in [-0.05, 0) is 50.2 Å². The Morgan fingerprint density at radius 1 is 1.13 bits per heavy atom. The van der Waals surface area contributed by atoms with E-state index in [1.807, 2.05) is 62.5 Å². The highest BCUT2D eigenvalue weighted by Gasteiger charge is 2.16. The summed E-state index contributed by atoms with van der Waals surface area (Å²) in [6, 6.07) is 15.7. The van der Waals surface area contributed by atoms with Gasteiger partial charge in [-0.3, -0.25) is 0 Å². The lowest BCUT2D eigenvalue weighted by Gasteiger charge is -2.17. The third-order valence-corrected chi connectivity index (χ3v) is 5.26. The molecule has 0 aliphatic heterocycles. The van der Waals surface area contributed by atoms with Crippen LogP contribution in [0.2, 0.25) is 5.15 Å². The van der Waals surface area contributed by atoms with Gasteiger partial charge in [0.05, 0.1) is 18.5 Å². The number of aromatic nitrogens is 2. The molecule has 1 aromatic heterocycles. The number of aryl methyl sites for hydroxylation is 1. The molecule has 2 aromatic carbocycles. The van der Waals surface area contributed by atoms with Gasteiger partial charge in [-0.25, -0.2) is 4.68 Å². The Hall–Kier alpha value is -2.54. The summed E-state index contributed by atoms with van der Waals surface area (Å²) in [5, 5.41) is 14.1. The summed E-state index contributed by atoms with van der Waals surface area (Å²) in [7, 11) is 3.66. The lowest BCUT2D eigenvalue weighted by Crippen LogP contribution is -2.19. The fraction of sp³-hybridized carbons (Fsp3) is 0.348. The number of halogens is 1. The van der Waals surface area contributed by atoms with Crippen LogP contribution in [0.4, 0.5) is 0 Å². The van der Waals surface area contributed by atoms with Crippen molar-refractivity contribution in [2.75, 3.05) is 27.3 Å². The van der Waals surface area contributed by atoms with Gasteiger partial charge < -0.3 is 19.5 Å². The molecule has 0 radical (unpaired) electrons. The number of para-hydroxylation sites is 1. The van der Waals surface area contributed by atoms with E-state index in [0.717, 1.165) is 42.0 Å². The summed E-state index contributed by atoms with van der Waals surface area (Å²) in [6.45, 7) is 4.02. The van der Waals surface area contributed by atoms with E-state index < -0.39 is 0 Å². The summed E-state index contributed by atoms with van der Waals surface area (Å²) in [5.74, 6) is 1.33.